The Labute approximate surface area is 107 Å². The van der Waals surface area contributed by atoms with E-state index >= 15 is 0 Å². The van der Waals surface area contributed by atoms with Gasteiger partial charge in [0, 0.05) is 11.1 Å². The molecule has 100 valence electrons. The quantitative estimate of drug-likeness (QED) is 0.803. The molecule has 0 aliphatic heterocycles. The fourth-order valence-corrected chi connectivity index (χ4v) is 3.02. The lowest BCUT2D eigenvalue weighted by molar-refractivity contribution is 0.0935. The van der Waals surface area contributed by atoms with Gasteiger partial charge in [0.05, 0.1) is 0 Å². The fourth-order valence-electron chi connectivity index (χ4n) is 3.02. The Morgan fingerprint density at radius 3 is 2.28 bits per heavy atom. The molecule has 1 atom stereocenters. The summed E-state index contributed by atoms with van der Waals surface area (Å²) in [5.74, 6) is -1.54. The predicted molar refractivity (Wildman–Crippen MR) is 69.2 cm³/mol. The maximum Gasteiger partial charge on any atom is 0.164 e. The number of aryl methyl sites for hydroxylation is 1. The predicted octanol–water partition coefficient (Wildman–Crippen LogP) is 4.03. The molecule has 0 aromatic heterocycles. The van der Waals surface area contributed by atoms with E-state index in [1.54, 1.807) is 19.1 Å². The van der Waals surface area contributed by atoms with Gasteiger partial charge in [-0.25, -0.2) is 8.78 Å². The van der Waals surface area contributed by atoms with Crippen molar-refractivity contribution in [1.29, 1.82) is 0 Å². The van der Waals surface area contributed by atoms with Crippen molar-refractivity contribution in [3.8, 4) is 0 Å². The summed E-state index contributed by atoms with van der Waals surface area (Å²) in [5, 5.41) is 0. The minimum absolute atomic E-state index is 0.214. The van der Waals surface area contributed by atoms with Gasteiger partial charge in [-0.1, -0.05) is 38.8 Å². The van der Waals surface area contributed by atoms with Gasteiger partial charge in [0.2, 0.25) is 0 Å². The molecule has 1 fully saturated rings. The summed E-state index contributed by atoms with van der Waals surface area (Å²) in [7, 11) is 0. The van der Waals surface area contributed by atoms with Crippen LogP contribution < -0.4 is 5.73 Å². The van der Waals surface area contributed by atoms with Gasteiger partial charge in [-0.3, -0.25) is 0 Å². The summed E-state index contributed by atoms with van der Waals surface area (Å²) in [6, 6.07) is 3.27. The monoisotopic (exact) mass is 253 g/mol. The van der Waals surface area contributed by atoms with Gasteiger partial charge in [-0.05, 0) is 30.7 Å². The van der Waals surface area contributed by atoms with Crippen LogP contribution in [0.2, 0.25) is 0 Å². The largest absolute Gasteiger partial charge is 0.321 e. The Kier molecular flexibility index (Phi) is 3.22. The normalized spacial score (nSPS) is 27.2. The number of nitrogens with two attached hydrogens (primary N) is 1. The van der Waals surface area contributed by atoms with Crippen LogP contribution in [0, 0.1) is 24.0 Å². The van der Waals surface area contributed by atoms with Crippen LogP contribution in [-0.2, 0) is 5.54 Å². The van der Waals surface area contributed by atoms with Crippen LogP contribution in [0.5, 0.6) is 0 Å². The van der Waals surface area contributed by atoms with E-state index in [0.29, 0.717) is 17.5 Å². The second-order valence-corrected chi connectivity index (χ2v) is 6.12. The lowest BCUT2D eigenvalue weighted by atomic mass is 9.60. The first kappa shape index (κ1) is 13.5. The zero-order valence-corrected chi connectivity index (χ0v) is 11.3. The minimum Gasteiger partial charge on any atom is -0.321 e. The van der Waals surface area contributed by atoms with E-state index in [-0.39, 0.29) is 5.41 Å². The second kappa shape index (κ2) is 4.30. The van der Waals surface area contributed by atoms with Crippen LogP contribution in [-0.4, -0.2) is 0 Å². The molecule has 0 saturated heterocycles. The van der Waals surface area contributed by atoms with E-state index in [9.17, 15) is 8.78 Å². The van der Waals surface area contributed by atoms with Crippen molar-refractivity contribution >= 4 is 0 Å². The number of hydrogen-bond donors (Lipinski definition) is 1. The molecule has 1 aliphatic rings. The average molecular weight is 253 g/mol. The molecule has 0 amide bonds. The van der Waals surface area contributed by atoms with Crippen molar-refractivity contribution in [3.63, 3.8) is 0 Å². The third-order valence-electron chi connectivity index (χ3n) is 4.59. The molecule has 1 saturated carbocycles. The smallest absolute Gasteiger partial charge is 0.164 e. The zero-order chi connectivity index (χ0) is 13.6. The number of benzene rings is 1. The van der Waals surface area contributed by atoms with Gasteiger partial charge in [0.15, 0.2) is 11.6 Å². The minimum atomic E-state index is -0.774. The van der Waals surface area contributed by atoms with Gasteiger partial charge < -0.3 is 5.73 Å². The van der Waals surface area contributed by atoms with Crippen LogP contribution in [0.3, 0.4) is 0 Å². The number of halogens is 2. The van der Waals surface area contributed by atoms with Crippen LogP contribution in [0.1, 0.15) is 50.7 Å². The van der Waals surface area contributed by atoms with Gasteiger partial charge in [0.25, 0.3) is 0 Å². The molecule has 0 radical (unpaired) electrons. The summed E-state index contributed by atoms with van der Waals surface area (Å²) in [6.07, 6.45) is 3.72. The molecule has 1 aromatic carbocycles. The van der Waals surface area contributed by atoms with E-state index in [0.717, 1.165) is 19.3 Å². The molecular formula is C15H21F2N. The van der Waals surface area contributed by atoms with Crippen molar-refractivity contribution in [2.45, 2.75) is 52.0 Å². The van der Waals surface area contributed by atoms with E-state index < -0.39 is 17.2 Å². The van der Waals surface area contributed by atoms with Crippen LogP contribution in [0.4, 0.5) is 8.78 Å². The standard InChI is InChI=1S/C15H21F2N/c1-10-6-7-11(13(17)12(10)16)15(18)9-5-4-8-14(15,2)3/h6-7H,4-5,8-9,18H2,1-3H3. The highest BCUT2D eigenvalue weighted by Crippen LogP contribution is 2.49. The first-order valence-corrected chi connectivity index (χ1v) is 6.53. The Hall–Kier alpha value is -0.960. The maximum absolute atomic E-state index is 14.2. The molecule has 1 nitrogen and oxygen atoms in total. The summed E-state index contributed by atoms with van der Waals surface area (Å²) in [5.41, 5.74) is 6.14. The fraction of sp³-hybridized carbons (Fsp3) is 0.600. The molecule has 1 aromatic rings. The number of rotatable bonds is 1. The molecule has 2 N–H and O–H groups in total. The first-order valence-electron chi connectivity index (χ1n) is 6.53. The first-order chi connectivity index (χ1) is 8.29. The molecule has 0 heterocycles. The maximum atomic E-state index is 14.2. The van der Waals surface area contributed by atoms with Crippen LogP contribution in [0.15, 0.2) is 12.1 Å². The Bertz CT molecular complexity index is 468. The molecule has 1 unspecified atom stereocenters. The molecular weight excluding hydrogens is 232 g/mol. The average Bonchev–Trinajstić information content (AvgIpc) is 2.30. The van der Waals surface area contributed by atoms with Crippen molar-refractivity contribution in [3.05, 3.63) is 34.9 Å². The van der Waals surface area contributed by atoms with Crippen LogP contribution >= 0.6 is 0 Å². The molecule has 2 rings (SSSR count). The molecule has 3 heteroatoms. The summed E-state index contributed by atoms with van der Waals surface area (Å²) < 4.78 is 27.9. The van der Waals surface area contributed by atoms with Crippen LogP contribution in [0.25, 0.3) is 0 Å². The Morgan fingerprint density at radius 1 is 1.06 bits per heavy atom. The third kappa shape index (κ3) is 1.85. The SMILES string of the molecule is Cc1ccc(C2(N)CCCCC2(C)C)c(F)c1F. The lowest BCUT2D eigenvalue weighted by Crippen LogP contribution is -2.52. The Morgan fingerprint density at radius 2 is 1.67 bits per heavy atom. The number of hydrogen-bond acceptors (Lipinski definition) is 1. The van der Waals surface area contributed by atoms with Gasteiger partial charge in [0.1, 0.15) is 0 Å². The van der Waals surface area contributed by atoms with Crippen molar-refractivity contribution < 1.29 is 8.78 Å². The van der Waals surface area contributed by atoms with E-state index in [2.05, 4.69) is 0 Å². The van der Waals surface area contributed by atoms with E-state index in [4.69, 9.17) is 5.73 Å². The lowest BCUT2D eigenvalue weighted by Gasteiger charge is -2.48. The highest BCUT2D eigenvalue weighted by Gasteiger charge is 2.46. The highest BCUT2D eigenvalue weighted by atomic mass is 19.2. The van der Waals surface area contributed by atoms with E-state index in [1.807, 2.05) is 13.8 Å². The van der Waals surface area contributed by atoms with Gasteiger partial charge in [-0.2, -0.15) is 0 Å². The Balaban J connectivity index is 2.56. The summed E-state index contributed by atoms with van der Waals surface area (Å²) in [4.78, 5) is 0. The van der Waals surface area contributed by atoms with E-state index in [1.165, 1.54) is 0 Å². The molecule has 1 aliphatic carbocycles. The van der Waals surface area contributed by atoms with Crippen molar-refractivity contribution in [2.24, 2.45) is 11.1 Å². The molecule has 0 bridgehead atoms. The second-order valence-electron chi connectivity index (χ2n) is 6.12. The van der Waals surface area contributed by atoms with Gasteiger partial charge >= 0.3 is 0 Å². The highest BCUT2D eigenvalue weighted by molar-refractivity contribution is 5.33. The third-order valence-corrected chi connectivity index (χ3v) is 4.59. The zero-order valence-electron chi connectivity index (χ0n) is 11.3. The van der Waals surface area contributed by atoms with Gasteiger partial charge in [-0.15, -0.1) is 0 Å². The topological polar surface area (TPSA) is 26.0 Å². The van der Waals surface area contributed by atoms with Crippen molar-refractivity contribution in [2.75, 3.05) is 0 Å². The van der Waals surface area contributed by atoms with Crippen molar-refractivity contribution in [1.82, 2.24) is 0 Å². The summed E-state index contributed by atoms with van der Waals surface area (Å²) >= 11 is 0. The molecule has 0 spiro atoms. The molecule has 18 heavy (non-hydrogen) atoms. The summed E-state index contributed by atoms with van der Waals surface area (Å²) in [6.45, 7) is 5.66.